The minimum absolute atomic E-state index is 0.434. The summed E-state index contributed by atoms with van der Waals surface area (Å²) in [5.41, 5.74) is 5.69. The van der Waals surface area contributed by atoms with Gasteiger partial charge >= 0.3 is 0 Å². The molecule has 7 heteroatoms. The standard InChI is InChI=1S/C9H17N7/c1-15(2)9(10)11-5-8-12-13-14-16(8)6-7-3-4-7/h7H,3-6H2,1-2H3,(H2,10,11). The molecule has 1 saturated carbocycles. The third kappa shape index (κ3) is 2.68. The molecule has 0 aromatic carbocycles. The first-order valence-electron chi connectivity index (χ1n) is 5.39. The molecule has 0 saturated heterocycles. The molecule has 1 fully saturated rings. The van der Waals surface area contributed by atoms with Crippen LogP contribution in [0.15, 0.2) is 4.99 Å². The highest BCUT2D eigenvalue weighted by atomic mass is 15.5. The average molecular weight is 223 g/mol. The number of hydrogen-bond acceptors (Lipinski definition) is 4. The highest BCUT2D eigenvalue weighted by Crippen LogP contribution is 2.30. The normalized spacial score (nSPS) is 16.5. The first-order chi connectivity index (χ1) is 7.66. The SMILES string of the molecule is CN(C)C(N)=NCc1nnnn1CC1CC1. The van der Waals surface area contributed by atoms with Gasteiger partial charge in [0, 0.05) is 20.6 Å². The van der Waals surface area contributed by atoms with E-state index in [1.807, 2.05) is 18.8 Å². The topological polar surface area (TPSA) is 85.2 Å². The van der Waals surface area contributed by atoms with Gasteiger partial charge in [0.15, 0.2) is 11.8 Å². The third-order valence-electron chi connectivity index (χ3n) is 2.57. The molecule has 0 unspecified atom stereocenters. The minimum atomic E-state index is 0.434. The van der Waals surface area contributed by atoms with Crippen molar-refractivity contribution in [3.8, 4) is 0 Å². The van der Waals surface area contributed by atoms with E-state index in [1.54, 1.807) is 4.90 Å². The minimum Gasteiger partial charge on any atom is -0.370 e. The third-order valence-corrected chi connectivity index (χ3v) is 2.57. The van der Waals surface area contributed by atoms with Crippen molar-refractivity contribution in [2.24, 2.45) is 16.6 Å². The van der Waals surface area contributed by atoms with Gasteiger partial charge in [-0.1, -0.05) is 0 Å². The smallest absolute Gasteiger partial charge is 0.191 e. The molecule has 0 amide bonds. The van der Waals surface area contributed by atoms with E-state index in [-0.39, 0.29) is 0 Å². The Morgan fingerprint density at radius 3 is 2.94 bits per heavy atom. The maximum absolute atomic E-state index is 5.69. The predicted octanol–water partition coefficient (Wildman–Crippen LogP) is -0.541. The largest absolute Gasteiger partial charge is 0.370 e. The van der Waals surface area contributed by atoms with E-state index < -0.39 is 0 Å². The molecular weight excluding hydrogens is 206 g/mol. The van der Waals surface area contributed by atoms with Crippen LogP contribution >= 0.6 is 0 Å². The lowest BCUT2D eigenvalue weighted by atomic mass is 10.4. The first-order valence-corrected chi connectivity index (χ1v) is 5.39. The van der Waals surface area contributed by atoms with Gasteiger partial charge in [-0.15, -0.1) is 5.10 Å². The highest BCUT2D eigenvalue weighted by molar-refractivity contribution is 5.77. The van der Waals surface area contributed by atoms with Crippen molar-refractivity contribution in [3.05, 3.63) is 5.82 Å². The van der Waals surface area contributed by atoms with Gasteiger partial charge in [-0.2, -0.15) is 0 Å². The number of tetrazole rings is 1. The number of nitrogens with two attached hydrogens (primary N) is 1. The summed E-state index contributed by atoms with van der Waals surface area (Å²) in [6.45, 7) is 1.34. The second kappa shape index (κ2) is 4.46. The summed E-state index contributed by atoms with van der Waals surface area (Å²) in [4.78, 5) is 5.97. The van der Waals surface area contributed by atoms with Crippen molar-refractivity contribution in [1.29, 1.82) is 0 Å². The van der Waals surface area contributed by atoms with Crippen LogP contribution in [0.25, 0.3) is 0 Å². The Morgan fingerprint density at radius 1 is 1.56 bits per heavy atom. The summed E-state index contributed by atoms with van der Waals surface area (Å²) in [6.07, 6.45) is 2.56. The van der Waals surface area contributed by atoms with Crippen LogP contribution in [0.5, 0.6) is 0 Å². The summed E-state index contributed by atoms with van der Waals surface area (Å²) in [7, 11) is 3.71. The zero-order valence-corrected chi connectivity index (χ0v) is 9.67. The molecule has 0 aliphatic heterocycles. The molecule has 0 bridgehead atoms. The van der Waals surface area contributed by atoms with E-state index in [1.165, 1.54) is 12.8 Å². The fourth-order valence-corrected chi connectivity index (χ4v) is 1.32. The number of rotatable bonds is 4. The van der Waals surface area contributed by atoms with Crippen molar-refractivity contribution in [1.82, 2.24) is 25.1 Å². The van der Waals surface area contributed by atoms with Crippen LogP contribution < -0.4 is 5.73 Å². The van der Waals surface area contributed by atoms with Gasteiger partial charge in [-0.3, -0.25) is 0 Å². The summed E-state index contributed by atoms with van der Waals surface area (Å²) < 4.78 is 1.82. The molecule has 1 aliphatic carbocycles. The molecule has 1 aromatic rings. The molecule has 2 rings (SSSR count). The van der Waals surface area contributed by atoms with Gasteiger partial charge in [0.1, 0.15) is 6.54 Å². The molecule has 0 radical (unpaired) electrons. The fourth-order valence-electron chi connectivity index (χ4n) is 1.32. The Labute approximate surface area is 94.3 Å². The van der Waals surface area contributed by atoms with Crippen LogP contribution in [0.2, 0.25) is 0 Å². The van der Waals surface area contributed by atoms with Crippen LogP contribution in [0.4, 0.5) is 0 Å². The van der Waals surface area contributed by atoms with E-state index in [0.29, 0.717) is 12.5 Å². The summed E-state index contributed by atoms with van der Waals surface area (Å²) >= 11 is 0. The van der Waals surface area contributed by atoms with E-state index in [4.69, 9.17) is 5.73 Å². The fraction of sp³-hybridized carbons (Fsp3) is 0.778. The number of aromatic nitrogens is 4. The molecule has 0 spiro atoms. The Bertz CT molecular complexity index is 377. The van der Waals surface area contributed by atoms with Crippen LogP contribution in [-0.4, -0.2) is 45.2 Å². The Hall–Kier alpha value is -1.66. The van der Waals surface area contributed by atoms with E-state index in [0.717, 1.165) is 18.3 Å². The zero-order chi connectivity index (χ0) is 11.5. The monoisotopic (exact) mass is 223 g/mol. The predicted molar refractivity (Wildman–Crippen MR) is 59.6 cm³/mol. The Balaban J connectivity index is 1.97. The van der Waals surface area contributed by atoms with Gasteiger partial charge in [0.25, 0.3) is 0 Å². The van der Waals surface area contributed by atoms with Crippen molar-refractivity contribution < 1.29 is 0 Å². The molecule has 7 nitrogen and oxygen atoms in total. The van der Waals surface area contributed by atoms with Gasteiger partial charge < -0.3 is 10.6 Å². The van der Waals surface area contributed by atoms with Gasteiger partial charge in [0.2, 0.25) is 0 Å². The number of guanidine groups is 1. The quantitative estimate of drug-likeness (QED) is 0.547. The lowest BCUT2D eigenvalue weighted by Gasteiger charge is -2.10. The van der Waals surface area contributed by atoms with Crippen molar-refractivity contribution >= 4 is 5.96 Å². The molecular formula is C9H17N7. The summed E-state index contributed by atoms with van der Waals surface area (Å²) in [6, 6.07) is 0. The van der Waals surface area contributed by atoms with Crippen molar-refractivity contribution in [2.45, 2.75) is 25.9 Å². The molecule has 1 aromatic heterocycles. The summed E-state index contributed by atoms with van der Waals surface area (Å²) in [5.74, 6) is 2.01. The van der Waals surface area contributed by atoms with Crippen molar-refractivity contribution in [2.75, 3.05) is 14.1 Å². The van der Waals surface area contributed by atoms with Gasteiger partial charge in [0.05, 0.1) is 0 Å². The van der Waals surface area contributed by atoms with E-state index in [9.17, 15) is 0 Å². The molecule has 1 heterocycles. The second-order valence-corrected chi connectivity index (χ2v) is 4.29. The Morgan fingerprint density at radius 2 is 2.31 bits per heavy atom. The van der Waals surface area contributed by atoms with Crippen LogP contribution in [0.1, 0.15) is 18.7 Å². The van der Waals surface area contributed by atoms with Crippen LogP contribution in [-0.2, 0) is 13.1 Å². The molecule has 0 atom stereocenters. The lowest BCUT2D eigenvalue weighted by molar-refractivity contribution is 0.522. The maximum Gasteiger partial charge on any atom is 0.191 e. The maximum atomic E-state index is 5.69. The zero-order valence-electron chi connectivity index (χ0n) is 9.67. The first kappa shape index (κ1) is 10.8. The number of aliphatic imine (C=N–C) groups is 1. The highest BCUT2D eigenvalue weighted by Gasteiger charge is 2.23. The Kier molecular flexibility index (Phi) is 3.02. The molecule has 2 N–H and O–H groups in total. The van der Waals surface area contributed by atoms with E-state index >= 15 is 0 Å². The lowest BCUT2D eigenvalue weighted by Crippen LogP contribution is -2.30. The summed E-state index contributed by atoms with van der Waals surface area (Å²) in [5, 5.41) is 11.6. The van der Waals surface area contributed by atoms with Gasteiger partial charge in [-0.05, 0) is 29.2 Å². The number of hydrogen-bond donors (Lipinski definition) is 1. The van der Waals surface area contributed by atoms with E-state index in [2.05, 4.69) is 20.5 Å². The molecule has 1 aliphatic rings. The number of nitrogens with zero attached hydrogens (tertiary/aromatic N) is 6. The molecule has 16 heavy (non-hydrogen) atoms. The average Bonchev–Trinajstić information content (AvgIpc) is 2.94. The molecule has 88 valence electrons. The van der Waals surface area contributed by atoms with Crippen LogP contribution in [0, 0.1) is 5.92 Å². The van der Waals surface area contributed by atoms with Crippen molar-refractivity contribution in [3.63, 3.8) is 0 Å². The van der Waals surface area contributed by atoms with Gasteiger partial charge in [-0.25, -0.2) is 9.67 Å². The second-order valence-electron chi connectivity index (χ2n) is 4.29. The van der Waals surface area contributed by atoms with Crippen LogP contribution in [0.3, 0.4) is 0 Å².